The first-order valence-corrected chi connectivity index (χ1v) is 10.0. The van der Waals surface area contributed by atoms with E-state index < -0.39 is 0 Å². The van der Waals surface area contributed by atoms with Crippen molar-refractivity contribution in [1.82, 2.24) is 5.32 Å². The van der Waals surface area contributed by atoms with E-state index in [2.05, 4.69) is 22.0 Å². The molecule has 3 aromatic carbocycles. The van der Waals surface area contributed by atoms with E-state index in [9.17, 15) is 9.59 Å². The molecule has 0 spiro atoms. The smallest absolute Gasteiger partial charge is 0.251 e. The van der Waals surface area contributed by atoms with Crippen molar-refractivity contribution in [2.24, 2.45) is 0 Å². The molecule has 0 saturated carbocycles. The Hall–Kier alpha value is -3.60. The molecule has 0 radical (unpaired) electrons. The molecule has 0 saturated heterocycles. The van der Waals surface area contributed by atoms with Gasteiger partial charge < -0.3 is 16.0 Å². The SMILES string of the molecule is Cc1ccc(NCC(=O)Nc2ccc(C(=O)NCCc3ccccc3)cc2)c(C)c1. The first kappa shape index (κ1) is 21.1. The lowest BCUT2D eigenvalue weighted by Gasteiger charge is -2.11. The molecule has 0 aliphatic carbocycles. The Morgan fingerprint density at radius 2 is 1.60 bits per heavy atom. The first-order chi connectivity index (χ1) is 14.5. The lowest BCUT2D eigenvalue weighted by Crippen LogP contribution is -2.25. The Kier molecular flexibility index (Phi) is 7.22. The maximum atomic E-state index is 12.3. The zero-order valence-electron chi connectivity index (χ0n) is 17.4. The minimum absolute atomic E-state index is 0.125. The molecule has 154 valence electrons. The van der Waals surface area contributed by atoms with Crippen LogP contribution in [0.25, 0.3) is 0 Å². The molecule has 0 bridgehead atoms. The van der Waals surface area contributed by atoms with Gasteiger partial charge in [-0.3, -0.25) is 9.59 Å². The summed E-state index contributed by atoms with van der Waals surface area (Å²) in [5.74, 6) is -0.268. The minimum Gasteiger partial charge on any atom is -0.376 e. The predicted octanol–water partition coefficient (Wildman–Crippen LogP) is 4.33. The Morgan fingerprint density at radius 1 is 0.867 bits per heavy atom. The molecule has 0 fully saturated rings. The predicted molar refractivity (Wildman–Crippen MR) is 122 cm³/mol. The largest absolute Gasteiger partial charge is 0.376 e. The molecule has 3 N–H and O–H groups in total. The molecular weight excluding hydrogens is 374 g/mol. The van der Waals surface area contributed by atoms with Crippen LogP contribution < -0.4 is 16.0 Å². The van der Waals surface area contributed by atoms with E-state index in [4.69, 9.17) is 0 Å². The van der Waals surface area contributed by atoms with E-state index in [1.165, 1.54) is 11.1 Å². The number of carbonyl (C=O) groups is 2. The zero-order chi connectivity index (χ0) is 21.3. The third kappa shape index (κ3) is 6.21. The summed E-state index contributed by atoms with van der Waals surface area (Å²) in [4.78, 5) is 24.5. The third-order valence-corrected chi connectivity index (χ3v) is 4.79. The molecule has 0 unspecified atom stereocenters. The van der Waals surface area contributed by atoms with Crippen molar-refractivity contribution < 1.29 is 9.59 Å². The van der Waals surface area contributed by atoms with Crippen molar-refractivity contribution in [3.63, 3.8) is 0 Å². The second-order valence-electron chi connectivity index (χ2n) is 7.29. The van der Waals surface area contributed by atoms with Crippen LogP contribution in [-0.4, -0.2) is 24.9 Å². The molecular formula is C25H27N3O2. The number of amides is 2. The van der Waals surface area contributed by atoms with Crippen molar-refractivity contribution in [2.45, 2.75) is 20.3 Å². The van der Waals surface area contributed by atoms with Crippen LogP contribution in [0.5, 0.6) is 0 Å². The van der Waals surface area contributed by atoms with Crippen LogP contribution >= 0.6 is 0 Å². The monoisotopic (exact) mass is 401 g/mol. The summed E-state index contributed by atoms with van der Waals surface area (Å²) >= 11 is 0. The van der Waals surface area contributed by atoms with Crippen LogP contribution in [-0.2, 0) is 11.2 Å². The van der Waals surface area contributed by atoms with Gasteiger partial charge in [-0.25, -0.2) is 0 Å². The molecule has 5 heteroatoms. The summed E-state index contributed by atoms with van der Waals surface area (Å²) in [6.45, 7) is 4.80. The molecule has 3 aromatic rings. The van der Waals surface area contributed by atoms with Crippen molar-refractivity contribution in [3.05, 3.63) is 95.1 Å². The number of nitrogens with one attached hydrogen (secondary N) is 3. The first-order valence-electron chi connectivity index (χ1n) is 10.0. The van der Waals surface area contributed by atoms with Gasteiger partial charge in [0.25, 0.3) is 5.91 Å². The van der Waals surface area contributed by atoms with Crippen LogP contribution in [0.4, 0.5) is 11.4 Å². The molecule has 0 atom stereocenters. The average Bonchev–Trinajstić information content (AvgIpc) is 2.74. The van der Waals surface area contributed by atoms with Gasteiger partial charge in [0.15, 0.2) is 0 Å². The van der Waals surface area contributed by atoms with Gasteiger partial charge in [0.2, 0.25) is 5.91 Å². The maximum absolute atomic E-state index is 12.3. The van der Waals surface area contributed by atoms with Gasteiger partial charge in [0, 0.05) is 23.5 Å². The Balaban J connectivity index is 1.45. The second kappa shape index (κ2) is 10.3. The number of anilines is 2. The average molecular weight is 402 g/mol. The highest BCUT2D eigenvalue weighted by Crippen LogP contribution is 2.16. The molecule has 2 amide bonds. The number of rotatable bonds is 8. The lowest BCUT2D eigenvalue weighted by molar-refractivity contribution is -0.114. The van der Waals surface area contributed by atoms with E-state index in [-0.39, 0.29) is 18.4 Å². The fourth-order valence-corrected chi connectivity index (χ4v) is 3.16. The van der Waals surface area contributed by atoms with Crippen LogP contribution in [0, 0.1) is 13.8 Å². The molecule has 0 heterocycles. The van der Waals surface area contributed by atoms with Crippen LogP contribution in [0.3, 0.4) is 0 Å². The van der Waals surface area contributed by atoms with Gasteiger partial charge in [0.05, 0.1) is 6.54 Å². The normalized spacial score (nSPS) is 10.3. The molecule has 5 nitrogen and oxygen atoms in total. The van der Waals surface area contributed by atoms with E-state index in [0.717, 1.165) is 17.7 Å². The van der Waals surface area contributed by atoms with Crippen LogP contribution in [0.2, 0.25) is 0 Å². The highest BCUT2D eigenvalue weighted by molar-refractivity contribution is 5.96. The van der Waals surface area contributed by atoms with Crippen molar-refractivity contribution in [1.29, 1.82) is 0 Å². The Morgan fingerprint density at radius 3 is 2.30 bits per heavy atom. The lowest BCUT2D eigenvalue weighted by atomic mass is 10.1. The summed E-state index contributed by atoms with van der Waals surface area (Å²) in [6, 6.07) is 23.0. The fourth-order valence-electron chi connectivity index (χ4n) is 3.16. The van der Waals surface area contributed by atoms with Gasteiger partial charge in [-0.05, 0) is 61.7 Å². The van der Waals surface area contributed by atoms with Gasteiger partial charge in [-0.15, -0.1) is 0 Å². The Labute approximate surface area is 177 Å². The second-order valence-corrected chi connectivity index (χ2v) is 7.29. The number of aryl methyl sites for hydroxylation is 2. The Bertz CT molecular complexity index is 999. The highest BCUT2D eigenvalue weighted by atomic mass is 16.2. The maximum Gasteiger partial charge on any atom is 0.251 e. The van der Waals surface area contributed by atoms with Crippen LogP contribution in [0.1, 0.15) is 27.0 Å². The zero-order valence-corrected chi connectivity index (χ0v) is 17.4. The van der Waals surface area contributed by atoms with Gasteiger partial charge >= 0.3 is 0 Å². The molecule has 3 rings (SSSR count). The summed E-state index contributed by atoms with van der Waals surface area (Å²) in [6.07, 6.45) is 0.786. The van der Waals surface area contributed by atoms with E-state index in [0.29, 0.717) is 17.8 Å². The quantitative estimate of drug-likeness (QED) is 0.526. The van der Waals surface area contributed by atoms with Gasteiger partial charge in [-0.1, -0.05) is 48.0 Å². The number of carbonyl (C=O) groups excluding carboxylic acids is 2. The minimum atomic E-state index is -0.143. The number of benzene rings is 3. The molecule has 0 aliphatic rings. The van der Waals surface area contributed by atoms with E-state index in [1.807, 2.05) is 56.3 Å². The fraction of sp³-hybridized carbons (Fsp3) is 0.200. The standard InChI is InChI=1S/C25H27N3O2/c1-18-8-13-23(19(2)16-18)27-17-24(29)28-22-11-9-21(10-12-22)25(30)26-15-14-20-6-4-3-5-7-20/h3-13,16,27H,14-15,17H2,1-2H3,(H,26,30)(H,28,29). The molecule has 0 aliphatic heterocycles. The van der Waals surface area contributed by atoms with Crippen LogP contribution in [0.15, 0.2) is 72.8 Å². The molecule has 30 heavy (non-hydrogen) atoms. The summed E-state index contributed by atoms with van der Waals surface area (Å²) < 4.78 is 0. The third-order valence-electron chi connectivity index (χ3n) is 4.79. The topological polar surface area (TPSA) is 70.2 Å². The number of hydrogen-bond donors (Lipinski definition) is 3. The van der Waals surface area contributed by atoms with Gasteiger partial charge in [-0.2, -0.15) is 0 Å². The van der Waals surface area contributed by atoms with Crippen molar-refractivity contribution in [3.8, 4) is 0 Å². The summed E-state index contributed by atoms with van der Waals surface area (Å²) in [7, 11) is 0. The van der Waals surface area contributed by atoms with E-state index >= 15 is 0 Å². The summed E-state index contributed by atoms with van der Waals surface area (Å²) in [5.41, 5.74) is 5.64. The highest BCUT2D eigenvalue weighted by Gasteiger charge is 2.07. The van der Waals surface area contributed by atoms with Crippen molar-refractivity contribution >= 4 is 23.2 Å². The number of hydrogen-bond acceptors (Lipinski definition) is 3. The van der Waals surface area contributed by atoms with Crippen molar-refractivity contribution in [2.75, 3.05) is 23.7 Å². The van der Waals surface area contributed by atoms with Gasteiger partial charge in [0.1, 0.15) is 0 Å². The van der Waals surface area contributed by atoms with E-state index in [1.54, 1.807) is 24.3 Å². The molecule has 0 aromatic heterocycles. The summed E-state index contributed by atoms with van der Waals surface area (Å²) in [5, 5.41) is 8.91.